The van der Waals surface area contributed by atoms with Gasteiger partial charge in [-0.2, -0.15) is 0 Å². The number of ether oxygens (including phenoxy) is 1. The van der Waals surface area contributed by atoms with Gasteiger partial charge in [-0.1, -0.05) is 0 Å². The zero-order chi connectivity index (χ0) is 14.8. The largest absolute Gasteiger partial charge is 0.367 e. The van der Waals surface area contributed by atoms with E-state index in [0.717, 1.165) is 25.1 Å². The number of nitrogens with zero attached hydrogens (tertiary/aromatic N) is 4. The van der Waals surface area contributed by atoms with Crippen molar-refractivity contribution in [3.63, 3.8) is 0 Å². The van der Waals surface area contributed by atoms with Crippen molar-refractivity contribution in [3.05, 3.63) is 24.3 Å². The molecular weight excluding hydrogens is 268 g/mol. The summed E-state index contributed by atoms with van der Waals surface area (Å²) in [6, 6.07) is 1.91. The summed E-state index contributed by atoms with van der Waals surface area (Å²) in [5.41, 5.74) is 0.950. The highest BCUT2D eigenvalue weighted by Crippen LogP contribution is 2.40. The van der Waals surface area contributed by atoms with E-state index in [-0.39, 0.29) is 18.1 Å². The molecule has 6 heteroatoms. The molecule has 2 fully saturated rings. The van der Waals surface area contributed by atoms with Crippen LogP contribution in [0.2, 0.25) is 0 Å². The predicted molar refractivity (Wildman–Crippen MR) is 77.5 cm³/mol. The number of fused-ring (bicyclic) bond motifs is 1. The van der Waals surface area contributed by atoms with Crippen molar-refractivity contribution >= 4 is 5.91 Å². The summed E-state index contributed by atoms with van der Waals surface area (Å²) in [6.45, 7) is 2.01. The maximum Gasteiger partial charge on any atom is 0.236 e. The van der Waals surface area contributed by atoms with Gasteiger partial charge in [0.1, 0.15) is 12.4 Å². The highest BCUT2D eigenvalue weighted by atomic mass is 16.5. The second kappa shape index (κ2) is 6.07. The van der Waals surface area contributed by atoms with E-state index in [1.807, 2.05) is 30.0 Å². The number of rotatable bonds is 3. The van der Waals surface area contributed by atoms with Crippen molar-refractivity contribution in [2.75, 3.05) is 33.7 Å². The second-order valence-corrected chi connectivity index (χ2v) is 6.16. The van der Waals surface area contributed by atoms with Crippen molar-refractivity contribution in [2.24, 2.45) is 5.92 Å². The fourth-order valence-corrected chi connectivity index (χ4v) is 3.21. The lowest BCUT2D eigenvalue weighted by Gasteiger charge is -2.34. The summed E-state index contributed by atoms with van der Waals surface area (Å²) < 4.78 is 6.14. The third kappa shape index (κ3) is 3.22. The zero-order valence-electron chi connectivity index (χ0n) is 12.6. The summed E-state index contributed by atoms with van der Waals surface area (Å²) in [5, 5.41) is 0. The number of carbonyl (C=O) groups is 1. The molecule has 0 aromatic carbocycles. The van der Waals surface area contributed by atoms with Crippen molar-refractivity contribution in [3.8, 4) is 0 Å². The average Bonchev–Trinajstić information content (AvgIpc) is 2.90. The molecule has 0 bridgehead atoms. The fourth-order valence-electron chi connectivity index (χ4n) is 3.21. The van der Waals surface area contributed by atoms with E-state index in [4.69, 9.17) is 4.74 Å². The van der Waals surface area contributed by atoms with Gasteiger partial charge in [-0.3, -0.25) is 4.79 Å². The first kappa shape index (κ1) is 14.4. The van der Waals surface area contributed by atoms with Gasteiger partial charge in [-0.15, -0.1) is 0 Å². The lowest BCUT2D eigenvalue weighted by atomic mass is 9.91. The van der Waals surface area contributed by atoms with Gasteiger partial charge in [0.2, 0.25) is 5.91 Å². The number of hydrogen-bond donors (Lipinski definition) is 0. The van der Waals surface area contributed by atoms with Crippen LogP contribution in [0.25, 0.3) is 0 Å². The van der Waals surface area contributed by atoms with Crippen molar-refractivity contribution in [1.29, 1.82) is 0 Å². The average molecular weight is 290 g/mol. The molecule has 2 aliphatic heterocycles. The Labute approximate surface area is 125 Å². The number of amides is 1. The monoisotopic (exact) mass is 290 g/mol. The van der Waals surface area contributed by atoms with Gasteiger partial charge in [0.05, 0.1) is 18.3 Å². The van der Waals surface area contributed by atoms with E-state index >= 15 is 0 Å². The minimum atomic E-state index is 0.0481. The second-order valence-electron chi connectivity index (χ2n) is 6.16. The number of carbonyl (C=O) groups excluding carboxylic acids is 1. The molecule has 0 aliphatic carbocycles. The first-order valence-corrected chi connectivity index (χ1v) is 7.47. The zero-order valence-corrected chi connectivity index (χ0v) is 12.6. The van der Waals surface area contributed by atoms with Crippen molar-refractivity contribution < 1.29 is 9.53 Å². The number of likely N-dealkylation sites (tertiary alicyclic amines) is 1. The molecule has 0 saturated carbocycles. The molecular formula is C15H22N4O2. The molecule has 6 nitrogen and oxygen atoms in total. The Balaban J connectivity index is 1.61. The molecule has 3 atom stereocenters. The summed E-state index contributed by atoms with van der Waals surface area (Å²) in [6.07, 6.45) is 5.52. The lowest BCUT2D eigenvalue weighted by Crippen LogP contribution is -2.47. The topological polar surface area (TPSA) is 58.6 Å². The van der Waals surface area contributed by atoms with Crippen LogP contribution in [0.1, 0.15) is 24.6 Å². The van der Waals surface area contributed by atoms with Gasteiger partial charge >= 0.3 is 0 Å². The van der Waals surface area contributed by atoms with E-state index in [2.05, 4.69) is 9.97 Å². The van der Waals surface area contributed by atoms with Crippen LogP contribution < -0.4 is 0 Å². The third-order valence-electron chi connectivity index (χ3n) is 4.29. The first-order chi connectivity index (χ1) is 10.1. The molecule has 1 aromatic rings. The van der Waals surface area contributed by atoms with Gasteiger partial charge in [-0.05, 0) is 38.9 Å². The highest BCUT2D eigenvalue weighted by molar-refractivity contribution is 5.78. The van der Waals surface area contributed by atoms with Crippen LogP contribution in [0.5, 0.6) is 0 Å². The molecule has 0 unspecified atom stereocenters. The first-order valence-electron chi connectivity index (χ1n) is 7.47. The molecule has 0 radical (unpaired) electrons. The van der Waals surface area contributed by atoms with Crippen LogP contribution in [0.15, 0.2) is 18.6 Å². The van der Waals surface area contributed by atoms with Crippen LogP contribution in [0.3, 0.4) is 0 Å². The fraction of sp³-hybridized carbons (Fsp3) is 0.667. The Bertz CT molecular complexity index is 494. The smallest absolute Gasteiger partial charge is 0.236 e. The molecule has 114 valence electrons. The summed E-state index contributed by atoms with van der Waals surface area (Å²) in [7, 11) is 3.84. The maximum atomic E-state index is 12.2. The number of piperidine rings is 1. The van der Waals surface area contributed by atoms with Gasteiger partial charge in [0.25, 0.3) is 0 Å². The maximum absolute atomic E-state index is 12.2. The number of hydrogen-bond acceptors (Lipinski definition) is 5. The van der Waals surface area contributed by atoms with Crippen LogP contribution >= 0.6 is 0 Å². The van der Waals surface area contributed by atoms with E-state index in [9.17, 15) is 4.79 Å². The number of likely N-dealkylation sites (N-methyl/N-ethyl adjacent to an activating group) is 1. The van der Waals surface area contributed by atoms with Crippen molar-refractivity contribution in [1.82, 2.24) is 19.8 Å². The van der Waals surface area contributed by atoms with E-state index in [1.165, 1.54) is 0 Å². The standard InChI is InChI=1S/C15H22N4O2/c1-18(2)9-15(20)19-6-4-11-7-13(21-14(11)8-19)12-3-5-16-10-17-12/h3,5,10-11,13-14H,4,6-9H2,1-2H3/t11-,13-,14+/m1/s1. The highest BCUT2D eigenvalue weighted by Gasteiger charge is 2.41. The Morgan fingerprint density at radius 3 is 3.10 bits per heavy atom. The van der Waals surface area contributed by atoms with E-state index in [1.54, 1.807) is 12.5 Å². The molecule has 3 heterocycles. The van der Waals surface area contributed by atoms with Gasteiger partial charge < -0.3 is 14.5 Å². The van der Waals surface area contributed by atoms with Gasteiger partial charge in [-0.25, -0.2) is 9.97 Å². The molecule has 0 N–H and O–H groups in total. The Kier molecular flexibility index (Phi) is 4.17. The van der Waals surface area contributed by atoms with Gasteiger partial charge in [0.15, 0.2) is 0 Å². The molecule has 2 aliphatic rings. The number of aromatic nitrogens is 2. The van der Waals surface area contributed by atoms with Crippen LogP contribution in [-0.2, 0) is 9.53 Å². The molecule has 2 saturated heterocycles. The summed E-state index contributed by atoms with van der Waals surface area (Å²) in [4.78, 5) is 24.2. The molecule has 0 spiro atoms. The third-order valence-corrected chi connectivity index (χ3v) is 4.29. The van der Waals surface area contributed by atoms with Crippen LogP contribution in [-0.4, -0.2) is 65.5 Å². The Morgan fingerprint density at radius 1 is 1.52 bits per heavy atom. The normalized spacial score (nSPS) is 28.7. The lowest BCUT2D eigenvalue weighted by molar-refractivity contribution is -0.136. The summed E-state index contributed by atoms with van der Waals surface area (Å²) in [5.74, 6) is 0.723. The molecule has 3 rings (SSSR count). The Morgan fingerprint density at radius 2 is 2.38 bits per heavy atom. The predicted octanol–water partition coefficient (Wildman–Crippen LogP) is 0.717. The van der Waals surface area contributed by atoms with Crippen molar-refractivity contribution in [2.45, 2.75) is 25.0 Å². The summed E-state index contributed by atoms with van der Waals surface area (Å²) >= 11 is 0. The SMILES string of the molecule is CN(C)CC(=O)N1CC[C@@H]2C[C@H](c3ccncn3)O[C@H]2C1. The van der Waals surface area contributed by atoms with Crippen LogP contribution in [0, 0.1) is 5.92 Å². The quantitative estimate of drug-likeness (QED) is 0.821. The van der Waals surface area contributed by atoms with Crippen LogP contribution in [0.4, 0.5) is 0 Å². The van der Waals surface area contributed by atoms with E-state index < -0.39 is 0 Å². The Hall–Kier alpha value is -1.53. The minimum Gasteiger partial charge on any atom is -0.367 e. The molecule has 21 heavy (non-hydrogen) atoms. The van der Waals surface area contributed by atoms with Gasteiger partial charge in [0, 0.05) is 19.3 Å². The van der Waals surface area contributed by atoms with E-state index in [0.29, 0.717) is 19.0 Å². The minimum absolute atomic E-state index is 0.0481. The molecule has 1 aromatic heterocycles. The molecule has 1 amide bonds.